The van der Waals surface area contributed by atoms with Gasteiger partial charge in [-0.15, -0.1) is 0 Å². The zero-order chi connectivity index (χ0) is 14.8. The van der Waals surface area contributed by atoms with Gasteiger partial charge in [0, 0.05) is 11.8 Å². The zero-order valence-electron chi connectivity index (χ0n) is 10.8. The Bertz CT molecular complexity index is 828. The predicted octanol–water partition coefficient (Wildman–Crippen LogP) is 2.89. The van der Waals surface area contributed by atoms with E-state index in [9.17, 15) is 4.79 Å². The van der Waals surface area contributed by atoms with Crippen molar-refractivity contribution in [2.24, 2.45) is 0 Å². The standard InChI is InChI=1S/C14H10BrClN4O/c15-12-13(16)17-9-19(14(12)21)7-10-6-18-20(8-10)11-4-2-1-3-5-11/h1-6,8-9H,7H2. The molecule has 0 N–H and O–H groups in total. The van der Waals surface area contributed by atoms with E-state index >= 15 is 0 Å². The first-order chi connectivity index (χ1) is 10.1. The highest BCUT2D eigenvalue weighted by Gasteiger charge is 2.08. The van der Waals surface area contributed by atoms with Gasteiger partial charge in [-0.25, -0.2) is 9.67 Å². The monoisotopic (exact) mass is 364 g/mol. The van der Waals surface area contributed by atoms with Gasteiger partial charge in [-0.2, -0.15) is 5.10 Å². The van der Waals surface area contributed by atoms with Gasteiger partial charge < -0.3 is 0 Å². The molecule has 0 amide bonds. The molecular formula is C14H10BrClN4O. The summed E-state index contributed by atoms with van der Waals surface area (Å²) in [6.45, 7) is 0.383. The Morgan fingerprint density at radius 2 is 2.00 bits per heavy atom. The molecule has 106 valence electrons. The molecule has 1 aromatic carbocycles. The van der Waals surface area contributed by atoms with Gasteiger partial charge in [-0.05, 0) is 28.1 Å². The second-order valence-corrected chi connectivity index (χ2v) is 5.56. The third kappa shape index (κ3) is 2.91. The van der Waals surface area contributed by atoms with Crippen molar-refractivity contribution in [1.82, 2.24) is 19.3 Å². The van der Waals surface area contributed by atoms with E-state index in [0.29, 0.717) is 6.54 Å². The quantitative estimate of drug-likeness (QED) is 0.671. The van der Waals surface area contributed by atoms with E-state index in [1.54, 1.807) is 10.9 Å². The van der Waals surface area contributed by atoms with Crippen LogP contribution in [-0.4, -0.2) is 19.3 Å². The van der Waals surface area contributed by atoms with E-state index in [1.807, 2.05) is 36.5 Å². The molecule has 0 atom stereocenters. The second-order valence-electron chi connectivity index (χ2n) is 4.41. The lowest BCUT2D eigenvalue weighted by Gasteiger charge is -2.04. The first kappa shape index (κ1) is 14.0. The van der Waals surface area contributed by atoms with Crippen molar-refractivity contribution < 1.29 is 0 Å². The van der Waals surface area contributed by atoms with Crippen molar-refractivity contribution in [3.63, 3.8) is 0 Å². The minimum absolute atomic E-state index is 0.163. The van der Waals surface area contributed by atoms with Crippen molar-refractivity contribution in [2.45, 2.75) is 6.54 Å². The summed E-state index contributed by atoms with van der Waals surface area (Å²) in [5, 5.41) is 4.46. The van der Waals surface area contributed by atoms with Crippen LogP contribution in [0.25, 0.3) is 5.69 Å². The maximum atomic E-state index is 12.0. The number of rotatable bonds is 3. The highest BCUT2D eigenvalue weighted by Crippen LogP contribution is 2.14. The van der Waals surface area contributed by atoms with Gasteiger partial charge in [-0.1, -0.05) is 29.8 Å². The molecule has 7 heteroatoms. The molecule has 2 aromatic heterocycles. The van der Waals surface area contributed by atoms with Crippen LogP contribution in [0.1, 0.15) is 5.56 Å². The summed E-state index contributed by atoms with van der Waals surface area (Å²) in [7, 11) is 0. The van der Waals surface area contributed by atoms with E-state index in [2.05, 4.69) is 26.0 Å². The molecule has 2 heterocycles. The summed E-state index contributed by atoms with van der Waals surface area (Å²) in [5.41, 5.74) is 1.64. The van der Waals surface area contributed by atoms with Crippen LogP contribution < -0.4 is 5.56 Å². The van der Waals surface area contributed by atoms with Crippen LogP contribution in [0, 0.1) is 0 Å². The Labute approximate surface area is 133 Å². The predicted molar refractivity (Wildman–Crippen MR) is 83.9 cm³/mol. The van der Waals surface area contributed by atoms with Gasteiger partial charge in [0.25, 0.3) is 5.56 Å². The van der Waals surface area contributed by atoms with Gasteiger partial charge in [-0.3, -0.25) is 9.36 Å². The Morgan fingerprint density at radius 3 is 2.76 bits per heavy atom. The zero-order valence-corrected chi connectivity index (χ0v) is 13.1. The Kier molecular flexibility index (Phi) is 3.90. The fourth-order valence-corrected chi connectivity index (χ4v) is 2.37. The number of para-hydroxylation sites is 1. The lowest BCUT2D eigenvalue weighted by Crippen LogP contribution is -2.21. The lowest BCUT2D eigenvalue weighted by atomic mass is 10.3. The molecule has 3 rings (SSSR count). The highest BCUT2D eigenvalue weighted by atomic mass is 79.9. The first-order valence-corrected chi connectivity index (χ1v) is 7.31. The maximum Gasteiger partial charge on any atom is 0.269 e. The van der Waals surface area contributed by atoms with Gasteiger partial charge >= 0.3 is 0 Å². The highest BCUT2D eigenvalue weighted by molar-refractivity contribution is 9.10. The van der Waals surface area contributed by atoms with Crippen molar-refractivity contribution in [1.29, 1.82) is 0 Å². The summed E-state index contributed by atoms with van der Waals surface area (Å²) in [6.07, 6.45) is 5.03. The van der Waals surface area contributed by atoms with Crippen LogP contribution in [0.3, 0.4) is 0 Å². The van der Waals surface area contributed by atoms with Crippen LogP contribution in [0.15, 0.2) is 58.3 Å². The molecular weight excluding hydrogens is 356 g/mol. The molecule has 5 nitrogen and oxygen atoms in total. The smallest absolute Gasteiger partial charge is 0.269 e. The number of aromatic nitrogens is 4. The molecule has 0 saturated heterocycles. The Morgan fingerprint density at radius 1 is 1.24 bits per heavy atom. The van der Waals surface area contributed by atoms with Crippen molar-refractivity contribution in [3.05, 3.63) is 74.6 Å². The van der Waals surface area contributed by atoms with Crippen LogP contribution in [-0.2, 0) is 6.54 Å². The summed E-state index contributed by atoms with van der Waals surface area (Å²) in [5.74, 6) is 0. The number of hydrogen-bond acceptors (Lipinski definition) is 3. The first-order valence-electron chi connectivity index (χ1n) is 6.14. The molecule has 0 fully saturated rings. The molecule has 0 aliphatic rings. The van der Waals surface area contributed by atoms with Crippen LogP contribution in [0.4, 0.5) is 0 Å². The fourth-order valence-electron chi connectivity index (χ4n) is 1.92. The van der Waals surface area contributed by atoms with Crippen LogP contribution in [0.5, 0.6) is 0 Å². The van der Waals surface area contributed by atoms with Gasteiger partial charge in [0.1, 0.15) is 4.47 Å². The van der Waals surface area contributed by atoms with E-state index in [1.165, 1.54) is 10.9 Å². The van der Waals surface area contributed by atoms with E-state index < -0.39 is 0 Å². The number of halogens is 2. The van der Waals surface area contributed by atoms with Crippen LogP contribution >= 0.6 is 27.5 Å². The normalized spacial score (nSPS) is 10.8. The lowest BCUT2D eigenvalue weighted by molar-refractivity contribution is 0.730. The molecule has 0 unspecified atom stereocenters. The fraction of sp³-hybridized carbons (Fsp3) is 0.0714. The minimum Gasteiger partial charge on any atom is -0.294 e. The third-order valence-corrected chi connectivity index (χ3v) is 4.18. The molecule has 3 aromatic rings. The molecule has 0 radical (unpaired) electrons. The molecule has 0 aliphatic carbocycles. The molecule has 0 aliphatic heterocycles. The summed E-state index contributed by atoms with van der Waals surface area (Å²) < 4.78 is 3.50. The van der Waals surface area contributed by atoms with E-state index in [4.69, 9.17) is 11.6 Å². The number of benzene rings is 1. The summed E-state index contributed by atoms with van der Waals surface area (Å²) in [6, 6.07) is 9.76. The van der Waals surface area contributed by atoms with Gasteiger partial charge in [0.15, 0.2) is 5.15 Å². The number of nitrogens with zero attached hydrogens (tertiary/aromatic N) is 4. The summed E-state index contributed by atoms with van der Waals surface area (Å²) >= 11 is 8.92. The molecule has 0 spiro atoms. The Hall–Kier alpha value is -1.92. The van der Waals surface area contributed by atoms with Crippen LogP contribution in [0.2, 0.25) is 5.15 Å². The van der Waals surface area contributed by atoms with Crippen molar-refractivity contribution in [3.8, 4) is 5.69 Å². The summed E-state index contributed by atoms with van der Waals surface area (Å²) in [4.78, 5) is 16.0. The second kappa shape index (κ2) is 5.83. The van der Waals surface area contributed by atoms with Gasteiger partial charge in [0.05, 0.1) is 24.8 Å². The largest absolute Gasteiger partial charge is 0.294 e. The molecule has 0 saturated carbocycles. The van der Waals surface area contributed by atoms with Crippen molar-refractivity contribution in [2.75, 3.05) is 0 Å². The maximum absolute atomic E-state index is 12.0. The molecule has 0 bridgehead atoms. The van der Waals surface area contributed by atoms with E-state index in [-0.39, 0.29) is 15.2 Å². The minimum atomic E-state index is -0.220. The molecule has 21 heavy (non-hydrogen) atoms. The van der Waals surface area contributed by atoms with E-state index in [0.717, 1.165) is 11.3 Å². The topological polar surface area (TPSA) is 52.7 Å². The SMILES string of the molecule is O=c1c(Br)c(Cl)ncn1Cc1cnn(-c2ccccc2)c1. The Balaban J connectivity index is 1.89. The average molecular weight is 366 g/mol. The van der Waals surface area contributed by atoms with Gasteiger partial charge in [0.2, 0.25) is 0 Å². The third-order valence-electron chi connectivity index (χ3n) is 2.95. The number of hydrogen-bond donors (Lipinski definition) is 0. The van der Waals surface area contributed by atoms with Crippen molar-refractivity contribution >= 4 is 27.5 Å². The average Bonchev–Trinajstić information content (AvgIpc) is 2.97.